The van der Waals surface area contributed by atoms with Crippen LogP contribution in [0.25, 0.3) is 0 Å². The molecule has 11 heteroatoms. The first-order chi connectivity index (χ1) is 15.2. The summed E-state index contributed by atoms with van der Waals surface area (Å²) in [6.45, 7) is 1.32. The Morgan fingerprint density at radius 1 is 1.09 bits per heavy atom. The highest BCUT2D eigenvalue weighted by atomic mass is 19.1. The van der Waals surface area contributed by atoms with Crippen LogP contribution in [-0.4, -0.2) is 73.4 Å². The van der Waals surface area contributed by atoms with Gasteiger partial charge in [-0.05, 0) is 24.3 Å². The zero-order valence-corrected chi connectivity index (χ0v) is 17.7. The zero-order valence-electron chi connectivity index (χ0n) is 17.7. The molecule has 9 nitrogen and oxygen atoms in total. The van der Waals surface area contributed by atoms with Crippen molar-refractivity contribution in [1.29, 1.82) is 0 Å². The van der Waals surface area contributed by atoms with Crippen LogP contribution in [0.15, 0.2) is 36.4 Å². The lowest BCUT2D eigenvalue weighted by molar-refractivity contribution is -0.384. The van der Waals surface area contributed by atoms with Crippen LogP contribution in [0.4, 0.5) is 25.8 Å². The summed E-state index contributed by atoms with van der Waals surface area (Å²) >= 11 is 0. The van der Waals surface area contributed by atoms with Crippen molar-refractivity contribution in [3.8, 4) is 0 Å². The standard InChI is InChI=1S/C21H23F2N5O4/c1-25(2)18-12-17(23)16(11-19(18)28(31)32)21(30)27-9-7-26(8-10-27)13-20(29)24-15-5-3-14(22)4-6-15/h3-6,11-12H,7-10,13H2,1-2H3,(H,24,29). The molecule has 2 aromatic carbocycles. The predicted molar refractivity (Wildman–Crippen MR) is 115 cm³/mol. The first-order valence-electron chi connectivity index (χ1n) is 9.88. The number of nitro benzene ring substituents is 1. The van der Waals surface area contributed by atoms with Crippen molar-refractivity contribution in [2.75, 3.05) is 57.0 Å². The molecule has 170 valence electrons. The lowest BCUT2D eigenvalue weighted by atomic mass is 10.1. The molecule has 1 saturated heterocycles. The minimum Gasteiger partial charge on any atom is -0.372 e. The third-order valence-corrected chi connectivity index (χ3v) is 5.13. The van der Waals surface area contributed by atoms with Crippen LogP contribution >= 0.6 is 0 Å². The average molecular weight is 447 g/mol. The quantitative estimate of drug-likeness (QED) is 0.539. The van der Waals surface area contributed by atoms with Crippen molar-refractivity contribution in [2.45, 2.75) is 0 Å². The summed E-state index contributed by atoms with van der Waals surface area (Å²) in [5.74, 6) is -2.14. The highest BCUT2D eigenvalue weighted by Gasteiger charge is 2.28. The Balaban J connectivity index is 1.60. The van der Waals surface area contributed by atoms with Gasteiger partial charge < -0.3 is 15.1 Å². The Morgan fingerprint density at radius 3 is 2.28 bits per heavy atom. The largest absolute Gasteiger partial charge is 0.372 e. The van der Waals surface area contributed by atoms with Crippen LogP contribution in [-0.2, 0) is 4.79 Å². The molecule has 32 heavy (non-hydrogen) atoms. The lowest BCUT2D eigenvalue weighted by Crippen LogP contribution is -2.50. The van der Waals surface area contributed by atoms with Gasteiger partial charge in [0.15, 0.2) is 0 Å². The molecule has 0 aromatic heterocycles. The molecule has 0 radical (unpaired) electrons. The maximum absolute atomic E-state index is 14.6. The van der Waals surface area contributed by atoms with E-state index < -0.39 is 22.5 Å². The first kappa shape index (κ1) is 23.1. The fourth-order valence-electron chi connectivity index (χ4n) is 3.44. The van der Waals surface area contributed by atoms with Crippen LogP contribution in [0.5, 0.6) is 0 Å². The summed E-state index contributed by atoms with van der Waals surface area (Å²) in [7, 11) is 3.10. The molecule has 0 spiro atoms. The van der Waals surface area contributed by atoms with Gasteiger partial charge in [-0.3, -0.25) is 24.6 Å². The van der Waals surface area contributed by atoms with Crippen molar-refractivity contribution in [3.63, 3.8) is 0 Å². The summed E-state index contributed by atoms with van der Waals surface area (Å²) in [5, 5.41) is 14.0. The smallest absolute Gasteiger partial charge is 0.293 e. The second kappa shape index (κ2) is 9.69. The van der Waals surface area contributed by atoms with Crippen LogP contribution in [0.1, 0.15) is 10.4 Å². The zero-order chi connectivity index (χ0) is 23.4. The minimum absolute atomic E-state index is 0.0704. The maximum atomic E-state index is 14.6. The molecular weight excluding hydrogens is 424 g/mol. The molecule has 0 aliphatic carbocycles. The average Bonchev–Trinajstić information content (AvgIpc) is 2.75. The first-order valence-corrected chi connectivity index (χ1v) is 9.88. The minimum atomic E-state index is -0.828. The van der Waals surface area contributed by atoms with Crippen molar-refractivity contribution < 1.29 is 23.3 Å². The summed E-state index contributed by atoms with van der Waals surface area (Å²) in [5.41, 5.74) is -0.162. The molecular formula is C21H23F2N5O4. The number of carbonyl (C=O) groups is 2. The monoisotopic (exact) mass is 447 g/mol. The predicted octanol–water partition coefficient (Wildman–Crippen LogP) is 2.34. The SMILES string of the molecule is CN(C)c1cc(F)c(C(=O)N2CCN(CC(=O)Nc3ccc(F)cc3)CC2)cc1[N+](=O)[O-]. The Morgan fingerprint density at radius 2 is 1.72 bits per heavy atom. The fraction of sp³-hybridized carbons (Fsp3) is 0.333. The number of amides is 2. The molecule has 2 amide bonds. The summed E-state index contributed by atoms with van der Waals surface area (Å²) in [6.07, 6.45) is 0. The van der Waals surface area contributed by atoms with Crippen molar-refractivity contribution in [1.82, 2.24) is 9.80 Å². The van der Waals surface area contributed by atoms with E-state index in [9.17, 15) is 28.5 Å². The molecule has 1 aliphatic heterocycles. The highest BCUT2D eigenvalue weighted by Crippen LogP contribution is 2.30. The Hall–Kier alpha value is -3.60. The van der Waals surface area contributed by atoms with Crippen LogP contribution in [0.2, 0.25) is 0 Å². The van der Waals surface area contributed by atoms with E-state index >= 15 is 0 Å². The van der Waals surface area contributed by atoms with Gasteiger partial charge >= 0.3 is 0 Å². The van der Waals surface area contributed by atoms with E-state index in [0.717, 1.165) is 12.1 Å². The number of anilines is 2. The number of carbonyl (C=O) groups excluding carboxylic acids is 2. The third kappa shape index (κ3) is 5.35. The van der Waals surface area contributed by atoms with Gasteiger partial charge in [0, 0.05) is 58.1 Å². The Labute approximate surface area is 183 Å². The second-order valence-electron chi connectivity index (χ2n) is 7.60. The van der Waals surface area contributed by atoms with Gasteiger partial charge in [0.25, 0.3) is 11.6 Å². The highest BCUT2D eigenvalue weighted by molar-refractivity contribution is 5.96. The van der Waals surface area contributed by atoms with Gasteiger partial charge in [-0.15, -0.1) is 0 Å². The van der Waals surface area contributed by atoms with Crippen LogP contribution < -0.4 is 10.2 Å². The second-order valence-corrected chi connectivity index (χ2v) is 7.60. The van der Waals surface area contributed by atoms with Crippen LogP contribution in [0.3, 0.4) is 0 Å². The number of piperazine rings is 1. The normalized spacial score (nSPS) is 14.2. The number of benzene rings is 2. The molecule has 0 atom stereocenters. The molecule has 0 unspecified atom stereocenters. The topological polar surface area (TPSA) is 99.0 Å². The summed E-state index contributed by atoms with van der Waals surface area (Å²) in [6, 6.07) is 7.36. The third-order valence-electron chi connectivity index (χ3n) is 5.13. The van der Waals surface area contributed by atoms with Crippen LogP contribution in [0, 0.1) is 21.7 Å². The van der Waals surface area contributed by atoms with E-state index in [-0.39, 0.29) is 42.5 Å². The van der Waals surface area contributed by atoms with E-state index in [0.29, 0.717) is 18.8 Å². The molecule has 1 N–H and O–H groups in total. The molecule has 3 rings (SSSR count). The maximum Gasteiger partial charge on any atom is 0.293 e. The fourth-order valence-corrected chi connectivity index (χ4v) is 3.44. The van der Waals surface area contributed by atoms with Gasteiger partial charge in [0.05, 0.1) is 17.0 Å². The number of halogens is 2. The molecule has 2 aromatic rings. The molecule has 1 heterocycles. The number of nitro groups is 1. The van der Waals surface area contributed by atoms with Crippen molar-refractivity contribution in [2.24, 2.45) is 0 Å². The number of nitrogens with one attached hydrogen (secondary N) is 1. The number of hydrogen-bond acceptors (Lipinski definition) is 6. The van der Waals surface area contributed by atoms with Gasteiger partial charge in [0.1, 0.15) is 17.3 Å². The molecule has 0 saturated carbocycles. The van der Waals surface area contributed by atoms with Crippen molar-refractivity contribution >= 4 is 28.9 Å². The molecule has 1 aliphatic rings. The van der Waals surface area contributed by atoms with Gasteiger partial charge in [0.2, 0.25) is 5.91 Å². The number of hydrogen-bond donors (Lipinski definition) is 1. The van der Waals surface area contributed by atoms with E-state index in [1.54, 1.807) is 14.1 Å². The number of nitrogens with zero attached hydrogens (tertiary/aromatic N) is 4. The van der Waals surface area contributed by atoms with E-state index in [1.165, 1.54) is 34.1 Å². The molecule has 1 fully saturated rings. The van der Waals surface area contributed by atoms with E-state index in [2.05, 4.69) is 5.32 Å². The van der Waals surface area contributed by atoms with Gasteiger partial charge in [-0.2, -0.15) is 0 Å². The van der Waals surface area contributed by atoms with E-state index in [1.807, 2.05) is 4.90 Å². The van der Waals surface area contributed by atoms with E-state index in [4.69, 9.17) is 0 Å². The van der Waals surface area contributed by atoms with Crippen molar-refractivity contribution in [3.05, 3.63) is 63.7 Å². The van der Waals surface area contributed by atoms with Gasteiger partial charge in [-0.1, -0.05) is 0 Å². The molecule has 0 bridgehead atoms. The number of rotatable bonds is 6. The summed E-state index contributed by atoms with van der Waals surface area (Å²) in [4.78, 5) is 40.3. The van der Waals surface area contributed by atoms with Gasteiger partial charge in [-0.25, -0.2) is 8.78 Å². The lowest BCUT2D eigenvalue weighted by Gasteiger charge is -2.34. The summed E-state index contributed by atoms with van der Waals surface area (Å²) < 4.78 is 27.5. The Bertz CT molecular complexity index is 1020. The Kier molecular flexibility index (Phi) is 6.98.